The van der Waals surface area contributed by atoms with Crippen LogP contribution in [-0.4, -0.2) is 31.1 Å². The summed E-state index contributed by atoms with van der Waals surface area (Å²) in [6, 6.07) is 4.62. The topological polar surface area (TPSA) is 29.3 Å². The molecule has 0 aliphatic rings. The number of nitrogens with zero attached hydrogens (tertiary/aromatic N) is 1. The van der Waals surface area contributed by atoms with Gasteiger partial charge in [-0.15, -0.1) is 11.3 Å². The number of hydrogen-bond acceptors (Lipinski definition) is 3. The minimum Gasteiger partial charge on any atom is -0.327 e. The third-order valence-electron chi connectivity index (χ3n) is 2.39. The third-order valence-corrected chi connectivity index (χ3v) is 3.33. The van der Waals surface area contributed by atoms with Crippen molar-refractivity contribution < 1.29 is 0 Å². The molecule has 0 fully saturated rings. The SMILES string of the molecule is CCC(N)CN(C)CCc1cccs1. The zero-order valence-corrected chi connectivity index (χ0v) is 9.89. The lowest BCUT2D eigenvalue weighted by Crippen LogP contribution is -2.35. The zero-order chi connectivity index (χ0) is 10.4. The Kier molecular flexibility index (Phi) is 5.15. The Morgan fingerprint density at radius 2 is 2.36 bits per heavy atom. The number of rotatable bonds is 6. The van der Waals surface area contributed by atoms with Gasteiger partial charge in [-0.2, -0.15) is 0 Å². The molecule has 0 bridgehead atoms. The van der Waals surface area contributed by atoms with Crippen molar-refractivity contribution in [2.75, 3.05) is 20.1 Å². The first-order valence-electron chi connectivity index (χ1n) is 5.19. The molecule has 2 N–H and O–H groups in total. The number of nitrogens with two attached hydrogens (primary N) is 1. The first-order chi connectivity index (χ1) is 6.72. The number of hydrogen-bond donors (Lipinski definition) is 1. The molecule has 0 spiro atoms. The van der Waals surface area contributed by atoms with E-state index in [-0.39, 0.29) is 0 Å². The number of thiophene rings is 1. The molecule has 1 heterocycles. The molecule has 0 aliphatic heterocycles. The molecule has 1 unspecified atom stereocenters. The van der Waals surface area contributed by atoms with Gasteiger partial charge in [-0.25, -0.2) is 0 Å². The largest absolute Gasteiger partial charge is 0.327 e. The van der Waals surface area contributed by atoms with Crippen molar-refractivity contribution in [3.05, 3.63) is 22.4 Å². The van der Waals surface area contributed by atoms with Gasteiger partial charge in [0.05, 0.1) is 0 Å². The van der Waals surface area contributed by atoms with E-state index in [0.29, 0.717) is 6.04 Å². The Bertz CT molecular complexity index is 233. The molecule has 14 heavy (non-hydrogen) atoms. The van der Waals surface area contributed by atoms with Gasteiger partial charge in [0.15, 0.2) is 0 Å². The Balaban J connectivity index is 2.18. The molecule has 0 saturated carbocycles. The summed E-state index contributed by atoms with van der Waals surface area (Å²) in [5, 5.41) is 2.13. The van der Waals surface area contributed by atoms with Crippen molar-refractivity contribution in [1.82, 2.24) is 4.90 Å². The summed E-state index contributed by atoms with van der Waals surface area (Å²) < 4.78 is 0. The van der Waals surface area contributed by atoms with Gasteiger partial charge in [0.25, 0.3) is 0 Å². The fourth-order valence-electron chi connectivity index (χ4n) is 1.38. The van der Waals surface area contributed by atoms with Crippen LogP contribution >= 0.6 is 11.3 Å². The van der Waals surface area contributed by atoms with Gasteiger partial charge in [0.1, 0.15) is 0 Å². The Morgan fingerprint density at radius 1 is 1.57 bits per heavy atom. The average Bonchev–Trinajstić information content (AvgIpc) is 2.67. The van der Waals surface area contributed by atoms with Gasteiger partial charge >= 0.3 is 0 Å². The molecule has 1 aromatic heterocycles. The van der Waals surface area contributed by atoms with Crippen molar-refractivity contribution in [3.63, 3.8) is 0 Å². The Hall–Kier alpha value is -0.380. The minimum absolute atomic E-state index is 0.323. The monoisotopic (exact) mass is 212 g/mol. The van der Waals surface area contributed by atoms with E-state index < -0.39 is 0 Å². The summed E-state index contributed by atoms with van der Waals surface area (Å²) in [6.07, 6.45) is 2.20. The van der Waals surface area contributed by atoms with Crippen molar-refractivity contribution in [2.24, 2.45) is 5.73 Å². The maximum Gasteiger partial charge on any atom is 0.0165 e. The van der Waals surface area contributed by atoms with Gasteiger partial charge in [-0.1, -0.05) is 13.0 Å². The molecular weight excluding hydrogens is 192 g/mol. The predicted octanol–water partition coefficient (Wildman–Crippen LogP) is 1.96. The lowest BCUT2D eigenvalue weighted by Gasteiger charge is -2.19. The zero-order valence-electron chi connectivity index (χ0n) is 9.07. The van der Waals surface area contributed by atoms with Crippen LogP contribution in [0.4, 0.5) is 0 Å². The van der Waals surface area contributed by atoms with E-state index >= 15 is 0 Å². The van der Waals surface area contributed by atoms with E-state index in [1.165, 1.54) is 4.88 Å². The molecule has 1 aromatic rings. The maximum atomic E-state index is 5.88. The second-order valence-electron chi connectivity index (χ2n) is 3.76. The van der Waals surface area contributed by atoms with Crippen LogP contribution in [0.3, 0.4) is 0 Å². The second-order valence-corrected chi connectivity index (χ2v) is 4.79. The van der Waals surface area contributed by atoms with Crippen LogP contribution in [0.25, 0.3) is 0 Å². The van der Waals surface area contributed by atoms with Crippen LogP contribution in [0.15, 0.2) is 17.5 Å². The molecule has 0 amide bonds. The van der Waals surface area contributed by atoms with Crippen molar-refractivity contribution >= 4 is 11.3 Å². The van der Waals surface area contributed by atoms with Crippen LogP contribution in [-0.2, 0) is 6.42 Å². The van der Waals surface area contributed by atoms with E-state index in [4.69, 9.17) is 5.73 Å². The smallest absolute Gasteiger partial charge is 0.0165 e. The Labute approximate surface area is 90.7 Å². The van der Waals surface area contributed by atoms with Crippen LogP contribution in [0.1, 0.15) is 18.2 Å². The fourth-order valence-corrected chi connectivity index (χ4v) is 2.07. The molecule has 0 aliphatic carbocycles. The van der Waals surface area contributed by atoms with E-state index in [0.717, 1.165) is 25.9 Å². The number of likely N-dealkylation sites (N-methyl/N-ethyl adjacent to an activating group) is 1. The highest BCUT2D eigenvalue weighted by Gasteiger charge is 2.04. The summed E-state index contributed by atoms with van der Waals surface area (Å²) in [4.78, 5) is 3.77. The molecule has 2 nitrogen and oxygen atoms in total. The minimum atomic E-state index is 0.323. The summed E-state index contributed by atoms with van der Waals surface area (Å²) in [5.41, 5.74) is 5.88. The first-order valence-corrected chi connectivity index (χ1v) is 6.06. The molecular formula is C11H20N2S. The highest BCUT2D eigenvalue weighted by molar-refractivity contribution is 7.09. The average molecular weight is 212 g/mol. The predicted molar refractivity (Wildman–Crippen MR) is 63.8 cm³/mol. The molecule has 0 aromatic carbocycles. The van der Waals surface area contributed by atoms with Gasteiger partial charge in [0, 0.05) is 24.0 Å². The van der Waals surface area contributed by atoms with Gasteiger partial charge in [-0.3, -0.25) is 0 Å². The molecule has 0 saturated heterocycles. The summed E-state index contributed by atoms with van der Waals surface area (Å²) in [5.74, 6) is 0. The van der Waals surface area contributed by atoms with Crippen molar-refractivity contribution in [1.29, 1.82) is 0 Å². The fraction of sp³-hybridized carbons (Fsp3) is 0.636. The molecule has 1 rings (SSSR count). The summed E-state index contributed by atoms with van der Waals surface area (Å²) in [7, 11) is 2.14. The van der Waals surface area contributed by atoms with Gasteiger partial charge in [0.2, 0.25) is 0 Å². The lowest BCUT2D eigenvalue weighted by atomic mass is 10.2. The molecule has 3 heteroatoms. The van der Waals surface area contributed by atoms with Crippen molar-refractivity contribution in [2.45, 2.75) is 25.8 Å². The van der Waals surface area contributed by atoms with Crippen LogP contribution < -0.4 is 5.73 Å². The maximum absolute atomic E-state index is 5.88. The van der Waals surface area contributed by atoms with Gasteiger partial charge < -0.3 is 10.6 Å². The Morgan fingerprint density at radius 3 is 2.93 bits per heavy atom. The molecule has 80 valence electrons. The molecule has 1 atom stereocenters. The first kappa shape index (κ1) is 11.7. The molecule has 0 radical (unpaired) electrons. The summed E-state index contributed by atoms with van der Waals surface area (Å²) in [6.45, 7) is 4.24. The quantitative estimate of drug-likeness (QED) is 0.781. The van der Waals surface area contributed by atoms with E-state index in [1.54, 1.807) is 0 Å². The normalized spacial score (nSPS) is 13.4. The lowest BCUT2D eigenvalue weighted by molar-refractivity contribution is 0.312. The highest BCUT2D eigenvalue weighted by atomic mass is 32.1. The highest BCUT2D eigenvalue weighted by Crippen LogP contribution is 2.09. The van der Waals surface area contributed by atoms with E-state index in [2.05, 4.69) is 36.4 Å². The van der Waals surface area contributed by atoms with E-state index in [9.17, 15) is 0 Å². The van der Waals surface area contributed by atoms with Crippen molar-refractivity contribution in [3.8, 4) is 0 Å². The third kappa shape index (κ3) is 4.22. The van der Waals surface area contributed by atoms with Crippen LogP contribution in [0.2, 0.25) is 0 Å². The summed E-state index contributed by atoms with van der Waals surface area (Å²) >= 11 is 1.83. The van der Waals surface area contributed by atoms with E-state index in [1.807, 2.05) is 11.3 Å². The second kappa shape index (κ2) is 6.17. The van der Waals surface area contributed by atoms with Gasteiger partial charge in [-0.05, 0) is 31.3 Å². The van der Waals surface area contributed by atoms with Crippen LogP contribution in [0.5, 0.6) is 0 Å². The standard InChI is InChI=1S/C11H20N2S/c1-3-10(12)9-13(2)7-6-11-5-4-8-14-11/h4-5,8,10H,3,6-7,9,12H2,1-2H3. The van der Waals surface area contributed by atoms with Crippen LogP contribution in [0, 0.1) is 0 Å².